The van der Waals surface area contributed by atoms with Gasteiger partial charge >= 0.3 is 0 Å². The zero-order valence-corrected chi connectivity index (χ0v) is 24.0. The molecular formula is C38H12N10O. The van der Waals surface area contributed by atoms with Crippen molar-refractivity contribution in [3.8, 4) is 52.6 Å². The highest BCUT2D eigenvalue weighted by Crippen LogP contribution is 2.50. The Kier molecular flexibility index (Phi) is 8.81. The molecule has 0 heterocycles. The number of allylic oxidation sites excluding steroid dienone is 1. The lowest BCUT2D eigenvalue weighted by Gasteiger charge is -2.05. The maximum absolute atomic E-state index is 12.5. The molecule has 0 aromatic heterocycles. The van der Waals surface area contributed by atoms with E-state index in [1.807, 2.05) is 30.3 Å². The number of carbonyl (C=O) groups excluding carboxylic acids is 1. The van der Waals surface area contributed by atoms with Crippen molar-refractivity contribution >= 4 is 34.1 Å². The number of hydrogen-bond acceptors (Lipinski definition) is 6. The predicted octanol–water partition coefficient (Wildman–Crippen LogP) is 9.09. The molecule has 0 saturated carbocycles. The number of rotatable bonds is 0. The molecule has 0 fully saturated rings. The van der Waals surface area contributed by atoms with Crippen molar-refractivity contribution in [2.75, 3.05) is 0 Å². The number of ketones is 1. The average Bonchev–Trinajstić information content (AvgIpc) is 3.58. The van der Waals surface area contributed by atoms with Gasteiger partial charge in [-0.3, -0.25) is 24.2 Å². The SMILES string of the molecule is C.[C-]#[N+]/C(C#N)=C1/c2cc(C#N)c(C#N)cc2-c2cc([N+]#[C-])c([N+]#[C-])cc21.[C-]#[N+]c1cc2c(cc1[N+]#[C-])-c1cc(C#N)c(C#N)cc1C2=O. The van der Waals surface area contributed by atoms with Crippen LogP contribution in [0.25, 0.3) is 52.1 Å². The molecule has 0 atom stereocenters. The van der Waals surface area contributed by atoms with Gasteiger partial charge in [0.05, 0.1) is 61.2 Å². The monoisotopic (exact) mass is 624 g/mol. The number of nitriles is 5. The normalized spacial score (nSPS) is 11.2. The topological polar surface area (TPSA) is 158 Å². The minimum atomic E-state index is -0.299. The molecule has 0 radical (unpaired) electrons. The predicted molar refractivity (Wildman–Crippen MR) is 176 cm³/mol. The van der Waals surface area contributed by atoms with Gasteiger partial charge in [-0.2, -0.15) is 21.0 Å². The number of benzene rings is 4. The van der Waals surface area contributed by atoms with Crippen LogP contribution >= 0.6 is 0 Å². The minimum Gasteiger partial charge on any atom is -0.289 e. The van der Waals surface area contributed by atoms with Crippen LogP contribution < -0.4 is 0 Å². The van der Waals surface area contributed by atoms with Gasteiger partial charge in [-0.15, -0.1) is 0 Å². The van der Waals surface area contributed by atoms with Crippen molar-refractivity contribution < 1.29 is 4.79 Å². The van der Waals surface area contributed by atoms with E-state index in [0.29, 0.717) is 50.1 Å². The first kappa shape index (κ1) is 33.1. The largest absolute Gasteiger partial charge is 0.289 e. The molecule has 0 spiro atoms. The highest BCUT2D eigenvalue weighted by molar-refractivity contribution is 6.23. The van der Waals surface area contributed by atoms with Gasteiger partial charge in [-0.05, 0) is 57.6 Å². The van der Waals surface area contributed by atoms with E-state index in [1.54, 1.807) is 0 Å². The van der Waals surface area contributed by atoms with E-state index >= 15 is 0 Å². The summed E-state index contributed by atoms with van der Waals surface area (Å²) in [4.78, 5) is 29.0. The standard InChI is InChI=1S/C20H4N6.C17H4N4O.CH4/c1-24-17-6-14-13-4-11(8-21)12(9-22)5-15(13)20(19(10-23)26-3)16(14)7-18(17)25-2;1-20-15-5-12-11-3-9(7-18)10(8-19)4-13(11)17(22)14(12)6-16(15)21-2;/h4-7H;3-6H;1H4/b20-19-;;. The van der Waals surface area contributed by atoms with Crippen LogP contribution in [0, 0.1) is 89.5 Å². The van der Waals surface area contributed by atoms with E-state index in [-0.39, 0.29) is 63.9 Å². The molecule has 0 unspecified atom stereocenters. The first-order valence-electron chi connectivity index (χ1n) is 13.2. The Hall–Kier alpha value is -8.81. The van der Waals surface area contributed by atoms with Crippen LogP contribution in [-0.4, -0.2) is 5.78 Å². The Morgan fingerprint density at radius 1 is 0.469 bits per heavy atom. The molecule has 49 heavy (non-hydrogen) atoms. The third-order valence-corrected chi connectivity index (χ3v) is 7.57. The van der Waals surface area contributed by atoms with Gasteiger partial charge in [0.15, 0.2) is 28.5 Å². The Labute approximate surface area is 280 Å². The molecule has 6 rings (SSSR count). The molecule has 11 heteroatoms. The summed E-state index contributed by atoms with van der Waals surface area (Å²) in [7, 11) is 0. The van der Waals surface area contributed by atoms with Crippen molar-refractivity contribution in [2.24, 2.45) is 0 Å². The number of hydrogen-bond donors (Lipinski definition) is 0. The second-order valence-corrected chi connectivity index (χ2v) is 9.83. The molecule has 0 bridgehead atoms. The van der Waals surface area contributed by atoms with Gasteiger partial charge in [-0.25, -0.2) is 10.1 Å². The van der Waals surface area contributed by atoms with E-state index in [9.17, 15) is 20.6 Å². The highest BCUT2D eigenvalue weighted by atomic mass is 16.1. The average molecular weight is 625 g/mol. The molecule has 2 aliphatic rings. The Bertz CT molecular complexity index is 2510. The van der Waals surface area contributed by atoms with Gasteiger partial charge in [-0.1, -0.05) is 31.7 Å². The highest BCUT2D eigenvalue weighted by Gasteiger charge is 2.31. The van der Waals surface area contributed by atoms with E-state index in [4.69, 9.17) is 43.4 Å². The van der Waals surface area contributed by atoms with Crippen LogP contribution in [0.4, 0.5) is 22.7 Å². The molecule has 0 amide bonds. The molecule has 0 aliphatic heterocycles. The van der Waals surface area contributed by atoms with Crippen LogP contribution in [0.5, 0.6) is 0 Å². The molecule has 220 valence electrons. The Morgan fingerprint density at radius 2 is 0.755 bits per heavy atom. The van der Waals surface area contributed by atoms with E-state index in [1.165, 1.54) is 48.5 Å². The van der Waals surface area contributed by atoms with Gasteiger partial charge in [0, 0.05) is 16.7 Å². The fourth-order valence-electron chi connectivity index (χ4n) is 5.44. The summed E-state index contributed by atoms with van der Waals surface area (Å²) >= 11 is 0. The summed E-state index contributed by atoms with van der Waals surface area (Å²) in [6.07, 6.45) is 0. The number of fused-ring (bicyclic) bond motifs is 6. The van der Waals surface area contributed by atoms with Gasteiger partial charge < -0.3 is 0 Å². The lowest BCUT2D eigenvalue weighted by Crippen LogP contribution is -1.96. The van der Waals surface area contributed by atoms with E-state index in [0.717, 1.165) is 0 Å². The van der Waals surface area contributed by atoms with Crippen molar-refractivity contribution in [3.05, 3.63) is 156 Å². The molecule has 4 aromatic carbocycles. The van der Waals surface area contributed by atoms with Gasteiger partial charge in [0.1, 0.15) is 24.3 Å². The summed E-state index contributed by atoms with van der Waals surface area (Å²) in [5, 5.41) is 46.1. The first-order valence-corrected chi connectivity index (χ1v) is 13.2. The summed E-state index contributed by atoms with van der Waals surface area (Å²) in [6.45, 7) is 36.0. The van der Waals surface area contributed by atoms with Crippen LogP contribution in [0.1, 0.15) is 56.7 Å². The van der Waals surface area contributed by atoms with Crippen LogP contribution in [0.3, 0.4) is 0 Å². The van der Waals surface area contributed by atoms with E-state index in [2.05, 4.69) is 24.2 Å². The molecular weight excluding hydrogens is 612 g/mol. The second kappa shape index (κ2) is 13.0. The van der Waals surface area contributed by atoms with Gasteiger partial charge in [0.25, 0.3) is 5.70 Å². The summed E-state index contributed by atoms with van der Waals surface area (Å²) in [5.74, 6) is -0.299. The zero-order chi connectivity index (χ0) is 34.7. The third kappa shape index (κ3) is 5.09. The minimum absolute atomic E-state index is 0. The Balaban J connectivity index is 0.000000219. The molecule has 11 nitrogen and oxygen atoms in total. The van der Waals surface area contributed by atoms with Crippen LogP contribution in [0.2, 0.25) is 0 Å². The van der Waals surface area contributed by atoms with Crippen molar-refractivity contribution in [2.45, 2.75) is 7.43 Å². The zero-order valence-electron chi connectivity index (χ0n) is 24.0. The van der Waals surface area contributed by atoms with E-state index < -0.39 is 0 Å². The maximum atomic E-state index is 12.5. The van der Waals surface area contributed by atoms with Crippen molar-refractivity contribution in [3.63, 3.8) is 0 Å². The molecule has 0 N–H and O–H groups in total. The summed E-state index contributed by atoms with van der Waals surface area (Å²) in [5.41, 5.74) is 5.08. The van der Waals surface area contributed by atoms with Crippen molar-refractivity contribution in [1.29, 1.82) is 26.3 Å². The fraction of sp³-hybridized carbons (Fsp3) is 0.0263. The van der Waals surface area contributed by atoms with Crippen molar-refractivity contribution in [1.82, 2.24) is 0 Å². The fourth-order valence-corrected chi connectivity index (χ4v) is 5.44. The number of carbonyl (C=O) groups is 1. The Morgan fingerprint density at radius 3 is 1.14 bits per heavy atom. The first-order chi connectivity index (χ1) is 23.3. The molecule has 0 saturated heterocycles. The van der Waals surface area contributed by atoms with Crippen LogP contribution in [-0.2, 0) is 0 Å². The summed E-state index contributed by atoms with van der Waals surface area (Å²) < 4.78 is 0. The lowest BCUT2D eigenvalue weighted by atomic mass is 9.97. The quantitative estimate of drug-likeness (QED) is 0.121. The number of nitrogens with zero attached hydrogens (tertiary/aromatic N) is 10. The molecule has 2 aliphatic carbocycles. The van der Waals surface area contributed by atoms with Crippen LogP contribution in [0.15, 0.2) is 54.2 Å². The molecule has 4 aromatic rings. The third-order valence-electron chi connectivity index (χ3n) is 7.57. The van der Waals surface area contributed by atoms with Gasteiger partial charge in [0.2, 0.25) is 0 Å². The summed E-state index contributed by atoms with van der Waals surface area (Å²) in [6, 6.07) is 21.3. The smallest absolute Gasteiger partial charge is 0.270 e. The lowest BCUT2D eigenvalue weighted by molar-refractivity contribution is 0.104. The second-order valence-electron chi connectivity index (χ2n) is 9.83. The maximum Gasteiger partial charge on any atom is 0.270 e.